The molecule has 0 bridgehead atoms. The highest BCUT2D eigenvalue weighted by atomic mass is 16.4. The summed E-state index contributed by atoms with van der Waals surface area (Å²) in [7, 11) is 0. The van der Waals surface area contributed by atoms with E-state index in [1.54, 1.807) is 0 Å². The summed E-state index contributed by atoms with van der Waals surface area (Å²) >= 11 is 0. The van der Waals surface area contributed by atoms with Crippen LogP contribution in [-0.4, -0.2) is 51.8 Å². The first-order chi connectivity index (χ1) is 9.15. The van der Waals surface area contributed by atoms with E-state index in [-0.39, 0.29) is 19.3 Å². The van der Waals surface area contributed by atoms with Crippen LogP contribution < -0.4 is 17.2 Å². The predicted molar refractivity (Wildman–Crippen MR) is 67.7 cm³/mol. The molecule has 0 saturated heterocycles. The number of nitrogens with two attached hydrogens (primary N) is 3. The maximum Gasteiger partial charge on any atom is 0.320 e. The van der Waals surface area contributed by atoms with Gasteiger partial charge in [0.1, 0.15) is 17.9 Å². The van der Waals surface area contributed by atoms with Crippen LogP contribution in [0, 0.1) is 0 Å². The number of ketones is 2. The van der Waals surface area contributed by atoms with Gasteiger partial charge in [-0.1, -0.05) is 0 Å². The van der Waals surface area contributed by atoms with Gasteiger partial charge < -0.3 is 27.4 Å². The molecule has 0 rings (SSSR count). The second-order valence-corrected chi connectivity index (χ2v) is 4.45. The zero-order valence-electron chi connectivity index (χ0n) is 10.8. The molecule has 0 fully saturated rings. The number of aliphatic carboxylic acids is 2. The summed E-state index contributed by atoms with van der Waals surface area (Å²) in [5.41, 5.74) is 15.9. The fraction of sp³-hybridized carbons (Fsp3) is 0.636. The van der Waals surface area contributed by atoms with Crippen LogP contribution in [0.3, 0.4) is 0 Å². The van der Waals surface area contributed by atoms with Crippen LogP contribution in [-0.2, 0) is 19.2 Å². The van der Waals surface area contributed by atoms with Gasteiger partial charge in [-0.05, 0) is 6.42 Å². The van der Waals surface area contributed by atoms with Crippen LogP contribution in [0.4, 0.5) is 0 Å². The largest absolute Gasteiger partial charge is 0.480 e. The average Bonchev–Trinajstić information content (AvgIpc) is 2.35. The van der Waals surface area contributed by atoms with Crippen molar-refractivity contribution < 1.29 is 29.4 Å². The Balaban J connectivity index is 4.12. The van der Waals surface area contributed by atoms with Gasteiger partial charge in [-0.3, -0.25) is 19.2 Å². The summed E-state index contributed by atoms with van der Waals surface area (Å²) < 4.78 is 0. The van der Waals surface area contributed by atoms with Gasteiger partial charge in [0.05, 0.1) is 6.04 Å². The Morgan fingerprint density at radius 2 is 1.25 bits per heavy atom. The molecule has 0 aliphatic carbocycles. The number of Topliss-reactive ketones (excluding diaryl/α,β-unsaturated/α-hetero) is 2. The van der Waals surface area contributed by atoms with E-state index in [4.69, 9.17) is 27.4 Å². The topological polar surface area (TPSA) is 187 Å². The van der Waals surface area contributed by atoms with Crippen LogP contribution in [0.15, 0.2) is 0 Å². The summed E-state index contributed by atoms with van der Waals surface area (Å²) in [6.07, 6.45) is -0.864. The SMILES string of the molecule is NC(CC(=O)CCC(N)C(=O)CC(N)C(=O)O)C(=O)O. The van der Waals surface area contributed by atoms with Crippen molar-refractivity contribution in [1.29, 1.82) is 0 Å². The van der Waals surface area contributed by atoms with E-state index in [0.717, 1.165) is 0 Å². The van der Waals surface area contributed by atoms with Gasteiger partial charge in [0.2, 0.25) is 0 Å². The number of carboxylic acid groups (broad SMARTS) is 2. The zero-order chi connectivity index (χ0) is 15.9. The van der Waals surface area contributed by atoms with Gasteiger partial charge in [0.15, 0.2) is 5.78 Å². The number of carbonyl (C=O) groups is 4. The monoisotopic (exact) mass is 289 g/mol. The van der Waals surface area contributed by atoms with E-state index in [2.05, 4.69) is 0 Å². The molecule has 0 radical (unpaired) electrons. The molecule has 0 heterocycles. The van der Waals surface area contributed by atoms with Gasteiger partial charge >= 0.3 is 11.9 Å². The Bertz CT molecular complexity index is 398. The molecule has 0 amide bonds. The van der Waals surface area contributed by atoms with Gasteiger partial charge in [-0.2, -0.15) is 0 Å². The molecule has 0 aromatic rings. The van der Waals surface area contributed by atoms with E-state index in [9.17, 15) is 19.2 Å². The van der Waals surface area contributed by atoms with Crippen molar-refractivity contribution in [2.24, 2.45) is 17.2 Å². The molecule has 8 N–H and O–H groups in total. The summed E-state index contributed by atoms with van der Waals surface area (Å²) in [4.78, 5) is 43.8. The van der Waals surface area contributed by atoms with Crippen molar-refractivity contribution in [3.8, 4) is 0 Å². The minimum Gasteiger partial charge on any atom is -0.480 e. The smallest absolute Gasteiger partial charge is 0.320 e. The van der Waals surface area contributed by atoms with E-state index in [1.165, 1.54) is 0 Å². The average molecular weight is 289 g/mol. The standard InChI is InChI=1S/C11H19N3O6/c12-6(9(16)4-8(14)11(19)20)2-1-5(15)3-7(13)10(17)18/h6-8H,1-4,12-14H2,(H,17,18)(H,19,20). The number of carboxylic acids is 2. The highest BCUT2D eigenvalue weighted by Gasteiger charge is 2.22. The molecule has 0 aromatic carbocycles. The molecule has 0 aliphatic heterocycles. The van der Waals surface area contributed by atoms with E-state index < -0.39 is 48.1 Å². The number of hydrogen-bond donors (Lipinski definition) is 5. The summed E-state index contributed by atoms with van der Waals surface area (Å²) in [5, 5.41) is 17.1. The van der Waals surface area contributed by atoms with E-state index in [1.807, 2.05) is 0 Å². The molecular weight excluding hydrogens is 270 g/mol. The van der Waals surface area contributed by atoms with Gasteiger partial charge in [0.25, 0.3) is 0 Å². The molecule has 0 aliphatic rings. The van der Waals surface area contributed by atoms with E-state index >= 15 is 0 Å². The number of hydrogen-bond acceptors (Lipinski definition) is 7. The summed E-state index contributed by atoms with van der Waals surface area (Å²) in [6.45, 7) is 0. The lowest BCUT2D eigenvalue weighted by molar-refractivity contribution is -0.140. The lowest BCUT2D eigenvalue weighted by Gasteiger charge is -2.12. The maximum absolute atomic E-state index is 11.5. The van der Waals surface area contributed by atoms with Crippen molar-refractivity contribution in [2.75, 3.05) is 0 Å². The Morgan fingerprint density at radius 3 is 1.70 bits per heavy atom. The molecular formula is C11H19N3O6. The van der Waals surface area contributed by atoms with Crippen LogP contribution >= 0.6 is 0 Å². The third kappa shape index (κ3) is 6.92. The minimum atomic E-state index is -1.33. The molecule has 20 heavy (non-hydrogen) atoms. The molecule has 3 atom stereocenters. The summed E-state index contributed by atoms with van der Waals surface area (Å²) in [6, 6.07) is -3.62. The normalized spacial score (nSPS) is 15.2. The van der Waals surface area contributed by atoms with Crippen LogP contribution in [0.2, 0.25) is 0 Å². The fourth-order valence-corrected chi connectivity index (χ4v) is 1.37. The lowest BCUT2D eigenvalue weighted by Crippen LogP contribution is -2.39. The first-order valence-electron chi connectivity index (χ1n) is 5.92. The van der Waals surface area contributed by atoms with Crippen molar-refractivity contribution >= 4 is 23.5 Å². The molecule has 3 unspecified atom stereocenters. The maximum atomic E-state index is 11.5. The second kappa shape index (κ2) is 8.35. The van der Waals surface area contributed by atoms with Crippen molar-refractivity contribution in [2.45, 2.75) is 43.8 Å². The highest BCUT2D eigenvalue weighted by Crippen LogP contribution is 2.04. The van der Waals surface area contributed by atoms with Crippen molar-refractivity contribution in [3.63, 3.8) is 0 Å². The number of carbonyl (C=O) groups excluding carboxylic acids is 2. The predicted octanol–water partition coefficient (Wildman–Crippen LogP) is -2.16. The zero-order valence-corrected chi connectivity index (χ0v) is 10.8. The van der Waals surface area contributed by atoms with Crippen molar-refractivity contribution in [3.05, 3.63) is 0 Å². The van der Waals surface area contributed by atoms with Crippen LogP contribution in [0.25, 0.3) is 0 Å². The first kappa shape index (κ1) is 18.2. The first-order valence-corrected chi connectivity index (χ1v) is 5.92. The Morgan fingerprint density at radius 1 is 0.800 bits per heavy atom. The second-order valence-electron chi connectivity index (χ2n) is 4.45. The van der Waals surface area contributed by atoms with E-state index in [0.29, 0.717) is 0 Å². The molecule has 0 saturated carbocycles. The van der Waals surface area contributed by atoms with Gasteiger partial charge in [0, 0.05) is 19.3 Å². The molecule has 9 nitrogen and oxygen atoms in total. The Hall–Kier alpha value is -1.84. The lowest BCUT2D eigenvalue weighted by atomic mass is 9.99. The molecule has 0 aromatic heterocycles. The quantitative estimate of drug-likeness (QED) is 0.298. The van der Waals surface area contributed by atoms with Crippen LogP contribution in [0.5, 0.6) is 0 Å². The third-order valence-corrected chi connectivity index (χ3v) is 2.65. The van der Waals surface area contributed by atoms with Crippen LogP contribution in [0.1, 0.15) is 25.7 Å². The molecule has 9 heteroatoms. The van der Waals surface area contributed by atoms with Crippen molar-refractivity contribution in [1.82, 2.24) is 0 Å². The van der Waals surface area contributed by atoms with Gasteiger partial charge in [-0.25, -0.2) is 0 Å². The fourth-order valence-electron chi connectivity index (χ4n) is 1.37. The van der Waals surface area contributed by atoms with Gasteiger partial charge in [-0.15, -0.1) is 0 Å². The molecule has 114 valence electrons. The summed E-state index contributed by atoms with van der Waals surface area (Å²) in [5.74, 6) is -3.58. The Kier molecular flexibility index (Phi) is 7.59. The highest BCUT2D eigenvalue weighted by molar-refractivity contribution is 5.90. The molecule has 0 spiro atoms. The third-order valence-electron chi connectivity index (χ3n) is 2.65. The Labute approximate surface area is 115 Å². The number of rotatable bonds is 10. The minimum absolute atomic E-state index is 0.00363.